The Labute approximate surface area is 89.1 Å². The van der Waals surface area contributed by atoms with Gasteiger partial charge in [-0.25, -0.2) is 4.39 Å². The Morgan fingerprint density at radius 1 is 1.43 bits per heavy atom. The van der Waals surface area contributed by atoms with Gasteiger partial charge in [0, 0.05) is 6.04 Å². The summed E-state index contributed by atoms with van der Waals surface area (Å²) in [5.41, 5.74) is 6.63. The Balaban J connectivity index is 2.80. The van der Waals surface area contributed by atoms with Gasteiger partial charge in [0.2, 0.25) is 0 Å². The topological polar surface area (TPSA) is 26.0 Å². The lowest BCUT2D eigenvalue weighted by atomic mass is 9.95. The second-order valence-corrected chi connectivity index (χ2v) is 4.19. The van der Waals surface area contributed by atoms with E-state index in [0.29, 0.717) is 0 Å². The number of rotatable bonds is 3. The standard InChI is InChI=1S/C11H15ClFN/c1-7(5-8(2)14)9-3-4-10(12)11(13)6-9/h3-4,6-8H,5,14H2,1-2H3. The molecule has 0 radical (unpaired) electrons. The molecule has 1 nitrogen and oxygen atoms in total. The molecule has 2 atom stereocenters. The summed E-state index contributed by atoms with van der Waals surface area (Å²) in [5.74, 6) is -0.0949. The summed E-state index contributed by atoms with van der Waals surface area (Å²) in [4.78, 5) is 0. The van der Waals surface area contributed by atoms with Crippen molar-refractivity contribution < 1.29 is 4.39 Å². The van der Waals surface area contributed by atoms with Crippen LogP contribution in [0.3, 0.4) is 0 Å². The maximum Gasteiger partial charge on any atom is 0.142 e. The molecular weight excluding hydrogens is 201 g/mol. The summed E-state index contributed by atoms with van der Waals surface area (Å²) in [6.45, 7) is 3.98. The molecule has 0 heterocycles. The molecule has 0 saturated carbocycles. The summed E-state index contributed by atoms with van der Waals surface area (Å²) in [6.07, 6.45) is 0.848. The van der Waals surface area contributed by atoms with Crippen molar-refractivity contribution >= 4 is 11.6 Å². The van der Waals surface area contributed by atoms with E-state index in [1.807, 2.05) is 19.9 Å². The molecule has 0 saturated heterocycles. The lowest BCUT2D eigenvalue weighted by Crippen LogP contribution is -2.17. The van der Waals surface area contributed by atoms with Crippen LogP contribution in [0.2, 0.25) is 5.02 Å². The fourth-order valence-corrected chi connectivity index (χ4v) is 1.63. The van der Waals surface area contributed by atoms with Gasteiger partial charge in [0.15, 0.2) is 0 Å². The van der Waals surface area contributed by atoms with Crippen LogP contribution in [-0.4, -0.2) is 6.04 Å². The van der Waals surface area contributed by atoms with E-state index in [1.54, 1.807) is 6.07 Å². The first-order chi connectivity index (χ1) is 6.50. The summed E-state index contributed by atoms with van der Waals surface area (Å²) < 4.78 is 13.1. The minimum absolute atomic E-state index is 0.128. The highest BCUT2D eigenvalue weighted by Gasteiger charge is 2.10. The molecule has 14 heavy (non-hydrogen) atoms. The molecule has 78 valence electrons. The molecule has 1 rings (SSSR count). The molecule has 0 aliphatic carbocycles. The van der Waals surface area contributed by atoms with E-state index in [0.717, 1.165) is 12.0 Å². The van der Waals surface area contributed by atoms with Gasteiger partial charge < -0.3 is 5.73 Å². The van der Waals surface area contributed by atoms with Crippen molar-refractivity contribution in [1.82, 2.24) is 0 Å². The van der Waals surface area contributed by atoms with Crippen molar-refractivity contribution in [3.05, 3.63) is 34.6 Å². The quantitative estimate of drug-likeness (QED) is 0.823. The Morgan fingerprint density at radius 2 is 2.07 bits per heavy atom. The average Bonchev–Trinajstić information content (AvgIpc) is 2.08. The van der Waals surface area contributed by atoms with Crippen LogP contribution in [0.25, 0.3) is 0 Å². The number of benzene rings is 1. The van der Waals surface area contributed by atoms with Crippen molar-refractivity contribution in [2.45, 2.75) is 32.2 Å². The number of hydrogen-bond acceptors (Lipinski definition) is 1. The van der Waals surface area contributed by atoms with Gasteiger partial charge in [0.25, 0.3) is 0 Å². The van der Waals surface area contributed by atoms with Crippen molar-refractivity contribution in [2.75, 3.05) is 0 Å². The van der Waals surface area contributed by atoms with Crippen LogP contribution in [0.15, 0.2) is 18.2 Å². The molecule has 1 aromatic carbocycles. The monoisotopic (exact) mass is 215 g/mol. The molecule has 0 spiro atoms. The van der Waals surface area contributed by atoms with Gasteiger partial charge in [-0.1, -0.05) is 24.6 Å². The normalized spacial score (nSPS) is 15.2. The smallest absolute Gasteiger partial charge is 0.142 e. The third kappa shape index (κ3) is 2.96. The predicted molar refractivity (Wildman–Crippen MR) is 58.1 cm³/mol. The minimum Gasteiger partial charge on any atom is -0.328 e. The van der Waals surface area contributed by atoms with E-state index >= 15 is 0 Å². The Morgan fingerprint density at radius 3 is 2.57 bits per heavy atom. The van der Waals surface area contributed by atoms with E-state index in [9.17, 15) is 4.39 Å². The fourth-order valence-electron chi connectivity index (χ4n) is 1.51. The Kier molecular flexibility index (Phi) is 3.90. The van der Waals surface area contributed by atoms with Gasteiger partial charge in [0.1, 0.15) is 5.82 Å². The van der Waals surface area contributed by atoms with Gasteiger partial charge in [-0.15, -0.1) is 0 Å². The van der Waals surface area contributed by atoms with Crippen LogP contribution in [0.4, 0.5) is 4.39 Å². The van der Waals surface area contributed by atoms with Gasteiger partial charge in [-0.3, -0.25) is 0 Å². The molecule has 0 aliphatic heterocycles. The molecular formula is C11H15ClFN. The van der Waals surface area contributed by atoms with Crippen LogP contribution in [0, 0.1) is 5.82 Å². The van der Waals surface area contributed by atoms with Gasteiger partial charge >= 0.3 is 0 Å². The maximum absolute atomic E-state index is 13.1. The number of nitrogens with two attached hydrogens (primary N) is 1. The SMILES string of the molecule is CC(N)CC(C)c1ccc(Cl)c(F)c1. The molecule has 3 heteroatoms. The second kappa shape index (κ2) is 4.76. The van der Waals surface area contributed by atoms with Crippen molar-refractivity contribution in [1.29, 1.82) is 0 Å². The van der Waals surface area contributed by atoms with E-state index in [1.165, 1.54) is 6.07 Å². The third-order valence-electron chi connectivity index (χ3n) is 2.24. The van der Waals surface area contributed by atoms with Crippen LogP contribution in [-0.2, 0) is 0 Å². The molecule has 0 amide bonds. The third-order valence-corrected chi connectivity index (χ3v) is 2.54. The zero-order valence-electron chi connectivity index (χ0n) is 8.43. The van der Waals surface area contributed by atoms with E-state index in [-0.39, 0.29) is 22.8 Å². The number of halogens is 2. The summed E-state index contributed by atoms with van der Waals surface area (Å²) >= 11 is 5.59. The zero-order valence-corrected chi connectivity index (χ0v) is 9.18. The highest BCUT2D eigenvalue weighted by Crippen LogP contribution is 2.24. The predicted octanol–water partition coefficient (Wildman–Crippen LogP) is 3.32. The lowest BCUT2D eigenvalue weighted by Gasteiger charge is -2.14. The molecule has 2 N–H and O–H groups in total. The summed E-state index contributed by atoms with van der Waals surface area (Å²) in [7, 11) is 0. The Hall–Kier alpha value is -0.600. The van der Waals surface area contributed by atoms with Crippen LogP contribution >= 0.6 is 11.6 Å². The van der Waals surface area contributed by atoms with Gasteiger partial charge in [0.05, 0.1) is 5.02 Å². The van der Waals surface area contributed by atoms with E-state index in [2.05, 4.69) is 0 Å². The lowest BCUT2D eigenvalue weighted by molar-refractivity contribution is 0.577. The first-order valence-electron chi connectivity index (χ1n) is 4.71. The molecule has 0 bridgehead atoms. The molecule has 0 aromatic heterocycles. The fraction of sp³-hybridized carbons (Fsp3) is 0.455. The van der Waals surface area contributed by atoms with Gasteiger partial charge in [-0.2, -0.15) is 0 Å². The molecule has 2 unspecified atom stereocenters. The number of hydrogen-bond donors (Lipinski definition) is 1. The van der Waals surface area contributed by atoms with Crippen molar-refractivity contribution in [3.63, 3.8) is 0 Å². The minimum atomic E-state index is -0.360. The molecule has 0 aliphatic rings. The zero-order chi connectivity index (χ0) is 10.7. The van der Waals surface area contributed by atoms with E-state index in [4.69, 9.17) is 17.3 Å². The molecule has 0 fully saturated rings. The van der Waals surface area contributed by atoms with Gasteiger partial charge in [-0.05, 0) is 37.0 Å². The first kappa shape index (κ1) is 11.5. The van der Waals surface area contributed by atoms with Crippen LogP contribution in [0.5, 0.6) is 0 Å². The highest BCUT2D eigenvalue weighted by molar-refractivity contribution is 6.30. The largest absolute Gasteiger partial charge is 0.328 e. The highest BCUT2D eigenvalue weighted by atomic mass is 35.5. The summed E-state index contributed by atoms with van der Waals surface area (Å²) in [5, 5.41) is 0.168. The maximum atomic E-state index is 13.1. The summed E-state index contributed by atoms with van der Waals surface area (Å²) in [6, 6.07) is 5.04. The average molecular weight is 216 g/mol. The van der Waals surface area contributed by atoms with E-state index < -0.39 is 0 Å². The first-order valence-corrected chi connectivity index (χ1v) is 5.09. The molecule has 1 aromatic rings. The van der Waals surface area contributed by atoms with Crippen molar-refractivity contribution in [3.8, 4) is 0 Å². The van der Waals surface area contributed by atoms with Crippen LogP contribution < -0.4 is 5.73 Å². The second-order valence-electron chi connectivity index (χ2n) is 3.79. The van der Waals surface area contributed by atoms with Crippen LogP contribution in [0.1, 0.15) is 31.7 Å². The Bertz CT molecular complexity index is 312. The van der Waals surface area contributed by atoms with Crippen molar-refractivity contribution in [2.24, 2.45) is 5.73 Å².